The maximum atomic E-state index is 14.5. The number of nitrogens with zero attached hydrogens (tertiary/aromatic N) is 1. The van der Waals surface area contributed by atoms with Crippen LogP contribution in [0.5, 0.6) is 5.75 Å². The number of hydrogen-bond donors (Lipinski definition) is 2. The summed E-state index contributed by atoms with van der Waals surface area (Å²) in [6, 6.07) is 39.3. The Morgan fingerprint density at radius 2 is 1.51 bits per heavy atom. The van der Waals surface area contributed by atoms with Crippen LogP contribution in [0.2, 0.25) is 0 Å². The van der Waals surface area contributed by atoms with E-state index in [0.717, 1.165) is 32.3 Å². The van der Waals surface area contributed by atoms with Gasteiger partial charge in [0.05, 0.1) is 6.61 Å². The number of benzene rings is 5. The maximum absolute atomic E-state index is 14.5. The summed E-state index contributed by atoms with van der Waals surface area (Å²) in [6.07, 6.45) is 0.0243. The molecule has 1 aliphatic rings. The van der Waals surface area contributed by atoms with Crippen LogP contribution in [0.15, 0.2) is 137 Å². The fourth-order valence-corrected chi connectivity index (χ4v) is 6.06. The van der Waals surface area contributed by atoms with Gasteiger partial charge in [0.25, 0.3) is 5.91 Å². The molecule has 0 unspecified atom stereocenters. The smallest absolute Gasteiger partial charge is 0.252 e. The van der Waals surface area contributed by atoms with Gasteiger partial charge in [-0.1, -0.05) is 101 Å². The molecule has 0 spiro atoms. The summed E-state index contributed by atoms with van der Waals surface area (Å²) >= 11 is 3.68. The Hall–Kier alpha value is -4.79. The molecule has 0 fully saturated rings. The molecule has 0 aromatic heterocycles. The Bertz CT molecular complexity index is 1830. The van der Waals surface area contributed by atoms with Crippen molar-refractivity contribution in [3.8, 4) is 16.9 Å². The van der Waals surface area contributed by atoms with Crippen molar-refractivity contribution in [2.45, 2.75) is 31.0 Å². The summed E-state index contributed by atoms with van der Waals surface area (Å²) in [5.41, 5.74) is 3.91. The van der Waals surface area contributed by atoms with Crippen molar-refractivity contribution in [3.05, 3.63) is 160 Å². The highest BCUT2D eigenvalue weighted by Crippen LogP contribution is 2.44. The Kier molecular flexibility index (Phi) is 10.1. The van der Waals surface area contributed by atoms with Crippen LogP contribution < -0.4 is 10.1 Å². The zero-order chi connectivity index (χ0) is 32.6. The number of nitrogens with one attached hydrogen (secondary N) is 1. The van der Waals surface area contributed by atoms with Crippen LogP contribution in [0.4, 0.5) is 4.39 Å². The van der Waals surface area contributed by atoms with Crippen molar-refractivity contribution in [3.63, 3.8) is 0 Å². The van der Waals surface area contributed by atoms with E-state index in [-0.39, 0.29) is 31.3 Å². The largest absolute Gasteiger partial charge is 0.494 e. The quantitative estimate of drug-likeness (QED) is 0.131. The lowest BCUT2D eigenvalue weighted by Crippen LogP contribution is -2.49. The van der Waals surface area contributed by atoms with Gasteiger partial charge < -0.3 is 19.9 Å². The molecule has 6 rings (SSSR count). The molecule has 8 heteroatoms. The number of aliphatic hydroxyl groups is 1. The van der Waals surface area contributed by atoms with E-state index in [1.807, 2.05) is 91.0 Å². The summed E-state index contributed by atoms with van der Waals surface area (Å²) < 4.78 is 26.9. The molecule has 1 heterocycles. The molecule has 238 valence electrons. The highest BCUT2D eigenvalue weighted by molar-refractivity contribution is 9.10. The van der Waals surface area contributed by atoms with Crippen LogP contribution in [0.1, 0.15) is 34.8 Å². The van der Waals surface area contributed by atoms with Crippen LogP contribution in [0, 0.1) is 5.82 Å². The Labute approximate surface area is 282 Å². The van der Waals surface area contributed by atoms with E-state index < -0.39 is 11.6 Å². The van der Waals surface area contributed by atoms with Crippen molar-refractivity contribution in [1.29, 1.82) is 0 Å². The molecule has 0 bridgehead atoms. The Morgan fingerprint density at radius 1 is 0.851 bits per heavy atom. The SMILES string of the molecule is O=C(NCc1ccc(F)cc1)[C@]1(Cc2ccccc2Br)N=C(c2ccc(OCCCO)cc2)O[C@@H]1c1ccc(-c2ccccc2)cc1. The zero-order valence-electron chi connectivity index (χ0n) is 25.6. The van der Waals surface area contributed by atoms with Crippen LogP contribution in [-0.4, -0.2) is 35.7 Å². The van der Waals surface area contributed by atoms with Crippen LogP contribution in [-0.2, 0) is 22.5 Å². The first-order chi connectivity index (χ1) is 22.9. The molecule has 5 aromatic rings. The molecule has 0 saturated carbocycles. The van der Waals surface area contributed by atoms with Crippen molar-refractivity contribution >= 4 is 27.7 Å². The van der Waals surface area contributed by atoms with Gasteiger partial charge in [-0.2, -0.15) is 0 Å². The van der Waals surface area contributed by atoms with E-state index in [1.165, 1.54) is 12.1 Å². The van der Waals surface area contributed by atoms with Crippen molar-refractivity contribution in [1.82, 2.24) is 5.32 Å². The minimum absolute atomic E-state index is 0.0548. The van der Waals surface area contributed by atoms with Gasteiger partial charge in [-0.25, -0.2) is 9.38 Å². The first kappa shape index (κ1) is 32.2. The Morgan fingerprint density at radius 3 is 2.21 bits per heavy atom. The van der Waals surface area contributed by atoms with Gasteiger partial charge >= 0.3 is 0 Å². The minimum atomic E-state index is -1.39. The van der Waals surface area contributed by atoms with E-state index in [4.69, 9.17) is 19.6 Å². The number of amides is 1. The van der Waals surface area contributed by atoms with Gasteiger partial charge in [0.2, 0.25) is 5.90 Å². The number of rotatable bonds is 12. The fourth-order valence-electron chi connectivity index (χ4n) is 5.63. The average molecular weight is 694 g/mol. The predicted molar refractivity (Wildman–Crippen MR) is 185 cm³/mol. The molecule has 2 N–H and O–H groups in total. The topological polar surface area (TPSA) is 80.2 Å². The highest BCUT2D eigenvalue weighted by atomic mass is 79.9. The third-order valence-electron chi connectivity index (χ3n) is 8.13. The molecule has 47 heavy (non-hydrogen) atoms. The number of carbonyl (C=O) groups excluding carboxylic acids is 1. The van der Waals surface area contributed by atoms with Gasteiger partial charge in [0.15, 0.2) is 11.6 Å². The second-order valence-electron chi connectivity index (χ2n) is 11.4. The van der Waals surface area contributed by atoms with Crippen LogP contribution in [0.3, 0.4) is 0 Å². The number of aliphatic imine (C=N–C) groups is 1. The van der Waals surface area contributed by atoms with E-state index >= 15 is 0 Å². The molecule has 1 aliphatic heterocycles. The number of ether oxygens (including phenoxy) is 2. The number of carbonyl (C=O) groups is 1. The maximum Gasteiger partial charge on any atom is 0.252 e. The second kappa shape index (κ2) is 14.8. The van der Waals surface area contributed by atoms with Gasteiger partial charge in [-0.05, 0) is 70.3 Å². The third-order valence-corrected chi connectivity index (χ3v) is 8.91. The summed E-state index contributed by atoms with van der Waals surface area (Å²) in [6.45, 7) is 0.651. The lowest BCUT2D eigenvalue weighted by Gasteiger charge is -2.31. The molecular weight excluding hydrogens is 659 g/mol. The van der Waals surface area contributed by atoms with Gasteiger partial charge in [-0.15, -0.1) is 0 Å². The van der Waals surface area contributed by atoms with Crippen molar-refractivity contribution < 1.29 is 23.8 Å². The van der Waals surface area contributed by atoms with Crippen molar-refractivity contribution in [2.75, 3.05) is 13.2 Å². The molecule has 0 aliphatic carbocycles. The molecule has 2 atom stereocenters. The highest BCUT2D eigenvalue weighted by Gasteiger charge is 2.53. The monoisotopic (exact) mass is 692 g/mol. The van der Waals surface area contributed by atoms with Crippen LogP contribution in [0.25, 0.3) is 11.1 Å². The average Bonchev–Trinajstić information content (AvgIpc) is 3.50. The zero-order valence-corrected chi connectivity index (χ0v) is 27.2. The molecule has 6 nitrogen and oxygen atoms in total. The second-order valence-corrected chi connectivity index (χ2v) is 12.2. The van der Waals surface area contributed by atoms with Gasteiger partial charge in [0, 0.05) is 36.0 Å². The molecule has 0 radical (unpaired) electrons. The van der Waals surface area contributed by atoms with Crippen LogP contribution >= 0.6 is 15.9 Å². The van der Waals surface area contributed by atoms with Gasteiger partial charge in [-0.3, -0.25) is 4.79 Å². The summed E-state index contributed by atoms with van der Waals surface area (Å²) in [5, 5.41) is 12.2. The van der Waals surface area contributed by atoms with E-state index in [1.54, 1.807) is 12.1 Å². The first-order valence-electron chi connectivity index (χ1n) is 15.5. The standard InChI is InChI=1S/C39H34BrFN2O4/c40-35-10-5-4-9-32(35)25-39(38(45)42-26-27-11-19-33(41)20-12-27)36(30-15-13-29(14-16-30)28-7-2-1-3-8-28)47-37(43-39)31-17-21-34(22-18-31)46-24-6-23-44/h1-5,7-22,36,44H,6,23-26H2,(H,42,45)/t36-,39-/m1/s1. The molecule has 0 saturated heterocycles. The molecular formula is C39H34BrFN2O4. The lowest BCUT2D eigenvalue weighted by molar-refractivity contribution is -0.129. The van der Waals surface area contributed by atoms with Gasteiger partial charge in [0.1, 0.15) is 11.6 Å². The van der Waals surface area contributed by atoms with E-state index in [2.05, 4.69) is 33.4 Å². The number of aliphatic hydroxyl groups excluding tert-OH is 1. The molecule has 1 amide bonds. The number of hydrogen-bond acceptors (Lipinski definition) is 5. The normalized spacial score (nSPS) is 17.1. The summed E-state index contributed by atoms with van der Waals surface area (Å²) in [5.74, 6) is 0.347. The van der Waals surface area contributed by atoms with Crippen molar-refractivity contribution in [2.24, 2.45) is 4.99 Å². The van der Waals surface area contributed by atoms with E-state index in [9.17, 15) is 9.18 Å². The van der Waals surface area contributed by atoms with E-state index in [0.29, 0.717) is 30.2 Å². The summed E-state index contributed by atoms with van der Waals surface area (Å²) in [7, 11) is 0. The first-order valence-corrected chi connectivity index (χ1v) is 16.3. The third kappa shape index (κ3) is 7.45. The summed E-state index contributed by atoms with van der Waals surface area (Å²) in [4.78, 5) is 19.7. The predicted octanol–water partition coefficient (Wildman–Crippen LogP) is 7.83. The minimum Gasteiger partial charge on any atom is -0.494 e. The number of halogens is 2. The Balaban J connectivity index is 1.41. The fraction of sp³-hybridized carbons (Fsp3) is 0.179. The molecule has 5 aromatic carbocycles. The lowest BCUT2D eigenvalue weighted by atomic mass is 9.81.